The molecular formula is C15H17NO3. The van der Waals surface area contributed by atoms with E-state index in [9.17, 15) is 9.59 Å². The van der Waals surface area contributed by atoms with Crippen LogP contribution in [0, 0.1) is 0 Å². The van der Waals surface area contributed by atoms with Crippen LogP contribution in [0.2, 0.25) is 0 Å². The summed E-state index contributed by atoms with van der Waals surface area (Å²) >= 11 is 0. The van der Waals surface area contributed by atoms with E-state index in [1.807, 2.05) is 24.3 Å². The number of fused-ring (bicyclic) bond motifs is 1. The first kappa shape index (κ1) is 13.3. The maximum Gasteiger partial charge on any atom is 0.304 e. The molecule has 2 rings (SSSR count). The Bertz CT molecular complexity index is 698. The molecule has 19 heavy (non-hydrogen) atoms. The van der Waals surface area contributed by atoms with E-state index in [1.165, 1.54) is 0 Å². The maximum absolute atomic E-state index is 12.4. The Hall–Kier alpha value is -2.10. The summed E-state index contributed by atoms with van der Waals surface area (Å²) in [6.45, 7) is 3.57. The fourth-order valence-electron chi connectivity index (χ4n) is 2.38. The molecule has 1 aromatic carbocycles. The van der Waals surface area contributed by atoms with Crippen LogP contribution in [0.4, 0.5) is 0 Å². The largest absolute Gasteiger partial charge is 0.481 e. The number of aryl methyl sites for hydroxylation is 1. The number of hydrogen-bond donors (Lipinski definition) is 1. The third-order valence-electron chi connectivity index (χ3n) is 3.46. The molecule has 0 aliphatic carbocycles. The molecule has 100 valence electrons. The Kier molecular flexibility index (Phi) is 3.18. The number of carbonyl (C=O) groups is 1. The quantitative estimate of drug-likeness (QED) is 0.920. The van der Waals surface area contributed by atoms with Crippen molar-refractivity contribution >= 4 is 16.9 Å². The van der Waals surface area contributed by atoms with Crippen molar-refractivity contribution in [3.05, 3.63) is 46.2 Å². The molecule has 0 aliphatic heterocycles. The molecule has 4 heteroatoms. The number of carboxylic acids is 1. The molecule has 1 N–H and O–H groups in total. The van der Waals surface area contributed by atoms with Gasteiger partial charge in [-0.2, -0.15) is 0 Å². The monoisotopic (exact) mass is 259 g/mol. The highest BCUT2D eigenvalue weighted by atomic mass is 16.4. The first-order chi connectivity index (χ1) is 8.83. The summed E-state index contributed by atoms with van der Waals surface area (Å²) in [6.07, 6.45) is -0.0689. The van der Waals surface area contributed by atoms with Crippen LogP contribution in [-0.2, 0) is 17.3 Å². The van der Waals surface area contributed by atoms with Gasteiger partial charge in [0.05, 0.1) is 11.9 Å². The van der Waals surface area contributed by atoms with Gasteiger partial charge in [0.1, 0.15) is 0 Å². The van der Waals surface area contributed by atoms with Crippen LogP contribution in [0.3, 0.4) is 0 Å². The molecule has 1 aromatic heterocycles. The fourth-order valence-corrected chi connectivity index (χ4v) is 2.38. The SMILES string of the molecule is Cn1c(=O)c(C(C)(C)CC(=O)O)cc2ccccc21. The van der Waals surface area contributed by atoms with Gasteiger partial charge in [0.25, 0.3) is 5.56 Å². The Morgan fingerprint density at radius 2 is 1.95 bits per heavy atom. The van der Waals surface area contributed by atoms with Gasteiger partial charge >= 0.3 is 5.97 Å². The van der Waals surface area contributed by atoms with Crippen molar-refractivity contribution in [2.45, 2.75) is 25.7 Å². The van der Waals surface area contributed by atoms with E-state index < -0.39 is 11.4 Å². The van der Waals surface area contributed by atoms with Gasteiger partial charge in [-0.05, 0) is 17.5 Å². The summed E-state index contributed by atoms with van der Waals surface area (Å²) in [6, 6.07) is 9.39. The van der Waals surface area contributed by atoms with Crippen LogP contribution in [0.15, 0.2) is 35.1 Å². The number of aromatic nitrogens is 1. The standard InChI is InChI=1S/C15H17NO3/c1-15(2,9-13(17)18)11-8-10-6-4-5-7-12(10)16(3)14(11)19/h4-8H,9H2,1-3H3,(H,17,18). The number of aliphatic carboxylic acids is 1. The molecule has 0 atom stereocenters. The summed E-state index contributed by atoms with van der Waals surface area (Å²) in [7, 11) is 1.71. The normalized spacial score (nSPS) is 11.7. The molecule has 0 spiro atoms. The Balaban J connectivity index is 2.71. The van der Waals surface area contributed by atoms with Crippen LogP contribution in [0.5, 0.6) is 0 Å². The Morgan fingerprint density at radius 3 is 2.58 bits per heavy atom. The third kappa shape index (κ3) is 2.38. The van der Waals surface area contributed by atoms with E-state index in [2.05, 4.69) is 0 Å². The topological polar surface area (TPSA) is 59.3 Å². The smallest absolute Gasteiger partial charge is 0.304 e. The van der Waals surface area contributed by atoms with Crippen LogP contribution in [-0.4, -0.2) is 15.6 Å². The molecule has 0 amide bonds. The van der Waals surface area contributed by atoms with Crippen LogP contribution >= 0.6 is 0 Å². The van der Waals surface area contributed by atoms with Crippen LogP contribution in [0.25, 0.3) is 10.9 Å². The van der Waals surface area contributed by atoms with Gasteiger partial charge < -0.3 is 9.67 Å². The molecular weight excluding hydrogens is 242 g/mol. The molecule has 0 fully saturated rings. The van der Waals surface area contributed by atoms with Crippen molar-refractivity contribution in [2.24, 2.45) is 7.05 Å². The van der Waals surface area contributed by atoms with Crippen molar-refractivity contribution in [1.29, 1.82) is 0 Å². The number of carboxylic acid groups (broad SMARTS) is 1. The van der Waals surface area contributed by atoms with Crippen LogP contribution < -0.4 is 5.56 Å². The minimum atomic E-state index is -0.903. The minimum Gasteiger partial charge on any atom is -0.481 e. The first-order valence-corrected chi connectivity index (χ1v) is 6.14. The molecule has 1 heterocycles. The molecule has 0 bridgehead atoms. The van der Waals surface area contributed by atoms with Crippen molar-refractivity contribution < 1.29 is 9.90 Å². The predicted molar refractivity (Wildman–Crippen MR) is 74.5 cm³/mol. The lowest BCUT2D eigenvalue weighted by Crippen LogP contribution is -2.32. The second-order valence-corrected chi connectivity index (χ2v) is 5.44. The van der Waals surface area contributed by atoms with E-state index in [0.29, 0.717) is 5.56 Å². The van der Waals surface area contributed by atoms with Crippen molar-refractivity contribution in [1.82, 2.24) is 4.57 Å². The zero-order valence-corrected chi connectivity index (χ0v) is 11.3. The molecule has 0 saturated heterocycles. The highest BCUT2D eigenvalue weighted by Crippen LogP contribution is 2.26. The average molecular weight is 259 g/mol. The van der Waals surface area contributed by atoms with Crippen molar-refractivity contribution in [3.8, 4) is 0 Å². The first-order valence-electron chi connectivity index (χ1n) is 6.14. The predicted octanol–water partition coefficient (Wildman–Crippen LogP) is 2.29. The molecule has 0 saturated carbocycles. The van der Waals surface area contributed by atoms with E-state index in [0.717, 1.165) is 10.9 Å². The van der Waals surface area contributed by atoms with Crippen molar-refractivity contribution in [2.75, 3.05) is 0 Å². The van der Waals surface area contributed by atoms with Gasteiger partial charge in [0, 0.05) is 18.0 Å². The molecule has 2 aromatic rings. The van der Waals surface area contributed by atoms with E-state index >= 15 is 0 Å². The Morgan fingerprint density at radius 1 is 1.32 bits per heavy atom. The van der Waals surface area contributed by atoms with Gasteiger partial charge in [-0.25, -0.2) is 0 Å². The highest BCUT2D eigenvalue weighted by molar-refractivity contribution is 5.80. The molecule has 0 unspecified atom stereocenters. The van der Waals surface area contributed by atoms with Gasteiger partial charge in [-0.15, -0.1) is 0 Å². The van der Waals surface area contributed by atoms with E-state index in [4.69, 9.17) is 5.11 Å². The highest BCUT2D eigenvalue weighted by Gasteiger charge is 2.28. The lowest BCUT2D eigenvalue weighted by atomic mass is 9.81. The van der Waals surface area contributed by atoms with Crippen molar-refractivity contribution in [3.63, 3.8) is 0 Å². The minimum absolute atomic E-state index is 0.0689. The number of rotatable bonds is 3. The van der Waals surface area contributed by atoms with Gasteiger partial charge in [0.15, 0.2) is 0 Å². The second-order valence-electron chi connectivity index (χ2n) is 5.44. The fraction of sp³-hybridized carbons (Fsp3) is 0.333. The molecule has 0 radical (unpaired) electrons. The summed E-state index contributed by atoms with van der Waals surface area (Å²) in [5.74, 6) is -0.903. The number of pyridine rings is 1. The van der Waals surface area contributed by atoms with Gasteiger partial charge in [-0.3, -0.25) is 9.59 Å². The average Bonchev–Trinajstić information content (AvgIpc) is 2.32. The van der Waals surface area contributed by atoms with E-state index in [1.54, 1.807) is 31.5 Å². The number of hydrogen-bond acceptors (Lipinski definition) is 2. The lowest BCUT2D eigenvalue weighted by molar-refractivity contribution is -0.138. The zero-order chi connectivity index (χ0) is 14.2. The summed E-state index contributed by atoms with van der Waals surface area (Å²) in [4.78, 5) is 23.3. The number of nitrogens with zero attached hydrogens (tertiary/aromatic N) is 1. The third-order valence-corrected chi connectivity index (χ3v) is 3.46. The number of benzene rings is 1. The lowest BCUT2D eigenvalue weighted by Gasteiger charge is -2.23. The summed E-state index contributed by atoms with van der Waals surface area (Å²) in [5.41, 5.74) is 0.563. The van der Waals surface area contributed by atoms with Gasteiger partial charge in [0.2, 0.25) is 0 Å². The van der Waals surface area contributed by atoms with Gasteiger partial charge in [-0.1, -0.05) is 32.0 Å². The molecule has 4 nitrogen and oxygen atoms in total. The Labute approximate surface area is 111 Å². The zero-order valence-electron chi connectivity index (χ0n) is 11.3. The summed E-state index contributed by atoms with van der Waals surface area (Å²) < 4.78 is 1.58. The number of para-hydroxylation sites is 1. The maximum atomic E-state index is 12.4. The summed E-state index contributed by atoms with van der Waals surface area (Å²) in [5, 5.41) is 9.92. The second kappa shape index (κ2) is 4.53. The van der Waals surface area contributed by atoms with E-state index in [-0.39, 0.29) is 12.0 Å². The van der Waals surface area contributed by atoms with Crippen LogP contribution in [0.1, 0.15) is 25.8 Å². The molecule has 0 aliphatic rings.